The number of carbonyl (C=O) groups excluding carboxylic acids is 1. The van der Waals surface area contributed by atoms with Crippen LogP contribution < -0.4 is 24.9 Å². The summed E-state index contributed by atoms with van der Waals surface area (Å²) in [6.45, 7) is 6.33. The predicted molar refractivity (Wildman–Crippen MR) is 148 cm³/mol. The first-order chi connectivity index (χ1) is 17.9. The highest BCUT2D eigenvalue weighted by atomic mass is 32.1. The topological polar surface area (TPSA) is 72.7 Å². The zero-order valence-electron chi connectivity index (χ0n) is 20.9. The Balaban J connectivity index is 1.65. The Morgan fingerprint density at radius 3 is 2.41 bits per heavy atom. The third-order valence-electron chi connectivity index (χ3n) is 6.18. The molecule has 3 aromatic carbocycles. The van der Waals surface area contributed by atoms with E-state index < -0.39 is 6.04 Å². The number of anilines is 1. The van der Waals surface area contributed by atoms with Crippen LogP contribution >= 0.6 is 11.3 Å². The summed E-state index contributed by atoms with van der Waals surface area (Å²) in [4.78, 5) is 32.7. The molecule has 0 saturated carbocycles. The van der Waals surface area contributed by atoms with Crippen molar-refractivity contribution in [2.45, 2.75) is 26.8 Å². The van der Waals surface area contributed by atoms with E-state index in [0.29, 0.717) is 32.9 Å². The SMILES string of the molecule is CCOc1ccc([C@H]2C(C(=O)Nc3ccccc3)=C(C)N=c3s/c(=C\c4ccc(C)cc4)c(=O)n32)cc1. The number of carbonyl (C=O) groups is 1. The van der Waals surface area contributed by atoms with Crippen molar-refractivity contribution in [1.29, 1.82) is 0 Å². The Morgan fingerprint density at radius 2 is 1.73 bits per heavy atom. The number of hydrogen-bond acceptors (Lipinski definition) is 5. The van der Waals surface area contributed by atoms with Crippen molar-refractivity contribution in [2.75, 3.05) is 11.9 Å². The van der Waals surface area contributed by atoms with Crippen LogP contribution in [-0.2, 0) is 4.79 Å². The molecule has 5 rings (SSSR count). The van der Waals surface area contributed by atoms with E-state index in [4.69, 9.17) is 9.73 Å². The van der Waals surface area contributed by atoms with Gasteiger partial charge >= 0.3 is 0 Å². The summed E-state index contributed by atoms with van der Waals surface area (Å²) in [5, 5.41) is 2.97. The molecule has 7 heteroatoms. The Bertz CT molecular complexity index is 1650. The lowest BCUT2D eigenvalue weighted by molar-refractivity contribution is -0.113. The van der Waals surface area contributed by atoms with Gasteiger partial charge in [-0.3, -0.25) is 14.2 Å². The van der Waals surface area contributed by atoms with Crippen molar-refractivity contribution >= 4 is 29.0 Å². The fraction of sp³-hybridized carbons (Fsp3) is 0.167. The van der Waals surface area contributed by atoms with E-state index >= 15 is 0 Å². The standard InChI is InChI=1S/C30H27N3O3S/c1-4-36-24-16-14-22(15-17-24)27-26(28(34)32-23-8-6-5-7-9-23)20(3)31-30-33(27)29(35)25(37-30)18-21-12-10-19(2)11-13-21/h5-18,27H,4H2,1-3H3,(H,32,34)/b25-18-/t27-/m0/s1. The summed E-state index contributed by atoms with van der Waals surface area (Å²) < 4.78 is 7.81. The second-order valence-corrected chi connectivity index (χ2v) is 9.82. The third-order valence-corrected chi connectivity index (χ3v) is 7.16. The Labute approximate surface area is 218 Å². The van der Waals surface area contributed by atoms with Gasteiger partial charge in [0.1, 0.15) is 5.75 Å². The molecule has 1 aromatic heterocycles. The van der Waals surface area contributed by atoms with Crippen molar-refractivity contribution in [3.05, 3.63) is 127 Å². The van der Waals surface area contributed by atoms with E-state index in [1.165, 1.54) is 11.3 Å². The quantitative estimate of drug-likeness (QED) is 0.414. The fourth-order valence-electron chi connectivity index (χ4n) is 4.37. The minimum atomic E-state index is -0.629. The largest absolute Gasteiger partial charge is 0.494 e. The molecule has 1 atom stereocenters. The maximum absolute atomic E-state index is 13.8. The summed E-state index contributed by atoms with van der Waals surface area (Å²) in [6.07, 6.45) is 1.88. The number of allylic oxidation sites excluding steroid dienone is 1. The molecule has 0 saturated heterocycles. The van der Waals surface area contributed by atoms with Gasteiger partial charge in [-0.1, -0.05) is 71.5 Å². The number of amides is 1. The number of ether oxygens (including phenoxy) is 1. The Hall–Kier alpha value is -4.23. The fourth-order valence-corrected chi connectivity index (χ4v) is 5.42. The van der Waals surface area contributed by atoms with Gasteiger partial charge in [0.25, 0.3) is 11.5 Å². The van der Waals surface area contributed by atoms with Crippen LogP contribution in [0.1, 0.15) is 36.6 Å². The zero-order valence-corrected chi connectivity index (χ0v) is 21.7. The van der Waals surface area contributed by atoms with E-state index in [9.17, 15) is 9.59 Å². The molecular weight excluding hydrogens is 482 g/mol. The molecule has 0 unspecified atom stereocenters. The summed E-state index contributed by atoms with van der Waals surface area (Å²) in [5.41, 5.74) is 4.40. The highest BCUT2D eigenvalue weighted by Crippen LogP contribution is 2.31. The third kappa shape index (κ3) is 5.04. The minimum Gasteiger partial charge on any atom is -0.494 e. The number of thiazole rings is 1. The van der Waals surface area contributed by atoms with Crippen molar-refractivity contribution in [2.24, 2.45) is 4.99 Å². The summed E-state index contributed by atoms with van der Waals surface area (Å²) >= 11 is 1.33. The minimum absolute atomic E-state index is 0.180. The van der Waals surface area contributed by atoms with E-state index in [2.05, 4.69) is 5.32 Å². The smallest absolute Gasteiger partial charge is 0.271 e. The molecule has 0 aliphatic carbocycles. The van der Waals surface area contributed by atoms with Crippen LogP contribution in [0.4, 0.5) is 5.69 Å². The number of aromatic nitrogens is 1. The molecule has 4 aromatic rings. The van der Waals surface area contributed by atoms with E-state index in [1.54, 1.807) is 4.57 Å². The van der Waals surface area contributed by atoms with Crippen LogP contribution in [0.5, 0.6) is 5.75 Å². The van der Waals surface area contributed by atoms with Gasteiger partial charge in [0.2, 0.25) is 0 Å². The highest BCUT2D eigenvalue weighted by Gasteiger charge is 2.32. The number of aryl methyl sites for hydroxylation is 1. The van der Waals surface area contributed by atoms with E-state index in [0.717, 1.165) is 22.4 Å². The molecule has 1 aliphatic heterocycles. The van der Waals surface area contributed by atoms with E-state index in [-0.39, 0.29) is 11.5 Å². The lowest BCUT2D eigenvalue weighted by Gasteiger charge is -2.25. The van der Waals surface area contributed by atoms with Crippen molar-refractivity contribution in [3.8, 4) is 5.75 Å². The number of benzene rings is 3. The van der Waals surface area contributed by atoms with Crippen LogP contribution in [0.3, 0.4) is 0 Å². The Kier molecular flexibility index (Phi) is 6.88. The molecule has 186 valence electrons. The number of rotatable bonds is 6. The van der Waals surface area contributed by atoms with Gasteiger partial charge in [-0.25, -0.2) is 4.99 Å². The van der Waals surface area contributed by atoms with Crippen LogP contribution in [0.2, 0.25) is 0 Å². The average Bonchev–Trinajstić information content (AvgIpc) is 3.20. The molecule has 0 radical (unpaired) electrons. The first kappa shape index (κ1) is 24.5. The van der Waals surface area contributed by atoms with Crippen molar-refractivity contribution < 1.29 is 9.53 Å². The molecule has 2 heterocycles. The first-order valence-electron chi connectivity index (χ1n) is 12.1. The highest BCUT2D eigenvalue weighted by molar-refractivity contribution is 7.07. The molecule has 1 N–H and O–H groups in total. The number of nitrogens with one attached hydrogen (secondary N) is 1. The number of nitrogens with zero attached hydrogens (tertiary/aromatic N) is 2. The molecule has 0 fully saturated rings. The number of fused-ring (bicyclic) bond motifs is 1. The lowest BCUT2D eigenvalue weighted by Crippen LogP contribution is -2.40. The molecule has 1 aliphatic rings. The molecule has 0 spiro atoms. The number of para-hydroxylation sites is 1. The average molecular weight is 510 g/mol. The monoisotopic (exact) mass is 509 g/mol. The molecule has 0 bridgehead atoms. The van der Waals surface area contributed by atoms with Gasteiger partial charge in [-0.15, -0.1) is 0 Å². The Morgan fingerprint density at radius 1 is 1.03 bits per heavy atom. The van der Waals surface area contributed by atoms with Crippen molar-refractivity contribution in [3.63, 3.8) is 0 Å². The predicted octanol–water partition coefficient (Wildman–Crippen LogP) is 4.58. The lowest BCUT2D eigenvalue weighted by atomic mass is 9.95. The summed E-state index contributed by atoms with van der Waals surface area (Å²) in [5.74, 6) is 0.438. The maximum atomic E-state index is 13.8. The maximum Gasteiger partial charge on any atom is 0.271 e. The molecular formula is C30H27N3O3S. The van der Waals surface area contributed by atoms with Gasteiger partial charge in [0, 0.05) is 5.69 Å². The van der Waals surface area contributed by atoms with E-state index in [1.807, 2.05) is 106 Å². The van der Waals surface area contributed by atoms with Gasteiger partial charge in [-0.2, -0.15) is 0 Å². The first-order valence-corrected chi connectivity index (χ1v) is 12.9. The second-order valence-electron chi connectivity index (χ2n) is 8.81. The normalized spacial score (nSPS) is 15.2. The zero-order chi connectivity index (χ0) is 25.9. The van der Waals surface area contributed by atoms with Crippen LogP contribution in [0.25, 0.3) is 6.08 Å². The van der Waals surface area contributed by atoms with Crippen LogP contribution in [0, 0.1) is 6.92 Å². The molecule has 1 amide bonds. The molecule has 37 heavy (non-hydrogen) atoms. The molecule has 6 nitrogen and oxygen atoms in total. The van der Waals surface area contributed by atoms with Crippen LogP contribution in [0.15, 0.2) is 99.9 Å². The van der Waals surface area contributed by atoms with Crippen molar-refractivity contribution in [1.82, 2.24) is 4.57 Å². The van der Waals surface area contributed by atoms with Gasteiger partial charge < -0.3 is 10.1 Å². The number of hydrogen-bond donors (Lipinski definition) is 1. The van der Waals surface area contributed by atoms with Gasteiger partial charge in [0.05, 0.1) is 28.5 Å². The summed E-state index contributed by atoms with van der Waals surface area (Å²) in [6, 6.07) is 24.2. The summed E-state index contributed by atoms with van der Waals surface area (Å²) in [7, 11) is 0. The van der Waals surface area contributed by atoms with Gasteiger partial charge in [0.15, 0.2) is 4.80 Å². The van der Waals surface area contributed by atoms with Crippen LogP contribution in [-0.4, -0.2) is 17.1 Å². The second kappa shape index (κ2) is 10.4. The van der Waals surface area contributed by atoms with Gasteiger partial charge in [-0.05, 0) is 62.2 Å².